The third kappa shape index (κ3) is 3.80. The Labute approximate surface area is 249 Å². The molecule has 0 unspecified atom stereocenters. The lowest BCUT2D eigenvalue weighted by Gasteiger charge is -2.74. The van der Waals surface area contributed by atoms with Crippen LogP contribution in [0, 0.1) is 17.3 Å². The molecule has 11 heteroatoms. The van der Waals surface area contributed by atoms with Crippen LogP contribution in [-0.2, 0) is 38.0 Å². The van der Waals surface area contributed by atoms with E-state index in [4.69, 9.17) is 18.4 Å². The number of alkyl halides is 3. The van der Waals surface area contributed by atoms with E-state index in [9.17, 15) is 21.6 Å². The first-order valence-electron chi connectivity index (χ1n) is 15.3. The summed E-state index contributed by atoms with van der Waals surface area (Å²) in [6.07, 6.45) is 6.05. The molecular weight excluding hydrogens is 583 g/mol. The fourth-order valence-corrected chi connectivity index (χ4v) is 10.3. The maximum Gasteiger partial charge on any atom is 0.534 e. The van der Waals surface area contributed by atoms with Gasteiger partial charge in [-0.05, 0) is 74.6 Å². The summed E-state index contributed by atoms with van der Waals surface area (Å²) in [5.74, 6) is 0.464. The minimum atomic E-state index is -5.87. The van der Waals surface area contributed by atoms with Gasteiger partial charge >= 0.3 is 15.6 Å². The van der Waals surface area contributed by atoms with Gasteiger partial charge < -0.3 is 18.4 Å². The second kappa shape index (κ2) is 9.34. The Hall–Kier alpha value is -2.34. The number of nitrogens with zero attached hydrogens (tertiary/aromatic N) is 1. The average Bonchev–Trinajstić information content (AvgIpc) is 3.72. The summed E-state index contributed by atoms with van der Waals surface area (Å²) in [5.41, 5.74) is -4.06. The molecule has 0 N–H and O–H groups in total. The van der Waals surface area contributed by atoms with Crippen LogP contribution >= 0.6 is 0 Å². The van der Waals surface area contributed by atoms with Gasteiger partial charge in [0.25, 0.3) is 0 Å². The number of hydrogen-bond donors (Lipinski definition) is 0. The van der Waals surface area contributed by atoms with E-state index in [0.717, 1.165) is 67.8 Å². The van der Waals surface area contributed by atoms with Crippen LogP contribution in [0.5, 0.6) is 11.5 Å². The van der Waals surface area contributed by atoms with Crippen LogP contribution in [0.3, 0.4) is 0 Å². The minimum absolute atomic E-state index is 0.00407. The second-order valence-corrected chi connectivity index (χ2v) is 15.0. The molecule has 5 aliphatic carbocycles. The maximum atomic E-state index is 13.4. The van der Waals surface area contributed by atoms with E-state index >= 15 is 0 Å². The van der Waals surface area contributed by atoms with E-state index in [0.29, 0.717) is 13.2 Å². The molecule has 5 fully saturated rings. The Morgan fingerprint density at radius 2 is 1.86 bits per heavy atom. The molecule has 2 aliphatic heterocycles. The molecule has 4 bridgehead atoms. The van der Waals surface area contributed by atoms with Gasteiger partial charge in [0, 0.05) is 42.0 Å². The zero-order valence-electron chi connectivity index (χ0n) is 24.1. The molecule has 7 aliphatic rings. The van der Waals surface area contributed by atoms with Gasteiger partial charge in [0.05, 0.1) is 13.2 Å². The fourth-order valence-electron chi connectivity index (χ4n) is 9.86. The number of rotatable bonds is 9. The van der Waals surface area contributed by atoms with Crippen molar-refractivity contribution in [1.82, 2.24) is 4.90 Å². The first-order chi connectivity index (χ1) is 20.5. The summed E-state index contributed by atoms with van der Waals surface area (Å²) in [6, 6.07) is 13.4. The van der Waals surface area contributed by atoms with E-state index in [-0.39, 0.29) is 23.1 Å². The smallest absolute Gasteiger partial charge is 0.482 e. The Bertz CT molecular complexity index is 1550. The van der Waals surface area contributed by atoms with Crippen LogP contribution < -0.4 is 8.92 Å². The third-order valence-corrected chi connectivity index (χ3v) is 12.7. The monoisotopic (exact) mass is 619 g/mol. The van der Waals surface area contributed by atoms with E-state index < -0.39 is 38.5 Å². The molecule has 6 atom stereocenters. The fraction of sp³-hybridized carbons (Fsp3) is 0.625. The molecule has 4 saturated carbocycles. The van der Waals surface area contributed by atoms with Crippen LogP contribution in [-0.4, -0.2) is 63.4 Å². The molecule has 2 aromatic carbocycles. The Balaban J connectivity index is 1.23. The van der Waals surface area contributed by atoms with Crippen molar-refractivity contribution in [1.29, 1.82) is 0 Å². The zero-order chi connectivity index (χ0) is 29.8. The highest BCUT2D eigenvalue weighted by Crippen LogP contribution is 2.76. The molecule has 9 rings (SSSR count). The highest BCUT2D eigenvalue weighted by atomic mass is 32.2. The van der Waals surface area contributed by atoms with E-state index in [2.05, 4.69) is 4.90 Å². The van der Waals surface area contributed by atoms with Crippen LogP contribution in [0.15, 0.2) is 42.5 Å². The predicted octanol–water partition coefficient (Wildman–Crippen LogP) is 5.36. The van der Waals surface area contributed by atoms with Crippen LogP contribution in [0.4, 0.5) is 13.2 Å². The van der Waals surface area contributed by atoms with E-state index in [1.54, 1.807) is 13.2 Å². The maximum absolute atomic E-state index is 13.4. The number of halogens is 3. The number of methoxy groups -OCH3 is 1. The van der Waals surface area contributed by atoms with Crippen LogP contribution in [0.1, 0.15) is 55.2 Å². The molecule has 2 heterocycles. The van der Waals surface area contributed by atoms with Gasteiger partial charge in [-0.1, -0.05) is 36.4 Å². The SMILES string of the molecule is CO[C@]12CC[C@@]3(C[C@@H]1COCc1ccccc1)[C@H]1Cc4ccc(OS(=O)(=O)C(F)(F)F)c5c4[C@@]3(CCN1CC1CC1)[C@H]2O5. The predicted molar refractivity (Wildman–Crippen MR) is 150 cm³/mol. The lowest BCUT2D eigenvalue weighted by Crippen LogP contribution is -2.81. The van der Waals surface area contributed by atoms with Crippen molar-refractivity contribution in [3.63, 3.8) is 0 Å². The van der Waals surface area contributed by atoms with E-state index in [1.165, 1.54) is 18.9 Å². The molecule has 2 spiro atoms. The lowest BCUT2D eigenvalue weighted by atomic mass is 9.35. The first-order valence-corrected chi connectivity index (χ1v) is 16.7. The Morgan fingerprint density at radius 1 is 1.07 bits per heavy atom. The highest BCUT2D eigenvalue weighted by molar-refractivity contribution is 7.88. The first kappa shape index (κ1) is 28.2. The summed E-state index contributed by atoms with van der Waals surface area (Å²) < 4.78 is 88.9. The van der Waals surface area contributed by atoms with E-state index in [1.807, 2.05) is 30.3 Å². The molecular formula is C32H36F3NO6S. The summed E-state index contributed by atoms with van der Waals surface area (Å²) >= 11 is 0. The zero-order valence-corrected chi connectivity index (χ0v) is 24.9. The standard InChI is InChI=1S/C32H36F3NO6S/c1-39-31-12-11-29(16-23(31)19-40-18-21-5-3-2-4-6-21)25-15-22-9-10-24(42-43(37,38)32(33,34)35)27-26(22)30(29,28(31)41-27)13-14-36(25)17-20-7-8-20/h2-6,9-10,20,23,25,28H,7-8,11-19H2,1H3/t23-,25-,28-,29-,30+,31-/m1/s1. The van der Waals surface area contributed by atoms with Crippen molar-refractivity contribution in [3.8, 4) is 11.5 Å². The summed E-state index contributed by atoms with van der Waals surface area (Å²) in [6.45, 7) is 2.86. The van der Waals surface area contributed by atoms with Crippen molar-refractivity contribution >= 4 is 10.1 Å². The molecule has 232 valence electrons. The third-order valence-electron chi connectivity index (χ3n) is 11.7. The van der Waals surface area contributed by atoms with Gasteiger partial charge in [0.1, 0.15) is 11.7 Å². The molecule has 1 saturated heterocycles. The molecule has 43 heavy (non-hydrogen) atoms. The summed E-state index contributed by atoms with van der Waals surface area (Å²) in [5, 5.41) is 0. The van der Waals surface area contributed by atoms with Gasteiger partial charge in [-0.15, -0.1) is 0 Å². The van der Waals surface area contributed by atoms with Gasteiger partial charge in [-0.3, -0.25) is 4.90 Å². The normalized spacial score (nSPS) is 35.9. The number of ether oxygens (including phenoxy) is 3. The topological polar surface area (TPSA) is 74.3 Å². The molecule has 0 amide bonds. The van der Waals surface area contributed by atoms with Crippen LogP contribution in [0.25, 0.3) is 0 Å². The van der Waals surface area contributed by atoms with Gasteiger partial charge in [-0.2, -0.15) is 21.6 Å². The Morgan fingerprint density at radius 3 is 2.58 bits per heavy atom. The molecule has 7 nitrogen and oxygen atoms in total. The quantitative estimate of drug-likeness (QED) is 0.277. The van der Waals surface area contributed by atoms with Crippen molar-refractivity contribution < 1.29 is 40.0 Å². The number of likely N-dealkylation sites (tertiary alicyclic amines) is 1. The number of piperidine rings is 1. The largest absolute Gasteiger partial charge is 0.534 e. The number of fused-ring (bicyclic) bond motifs is 2. The summed E-state index contributed by atoms with van der Waals surface area (Å²) in [4.78, 5) is 2.67. The number of hydrogen-bond acceptors (Lipinski definition) is 7. The average molecular weight is 620 g/mol. The van der Waals surface area contributed by atoms with Crippen molar-refractivity contribution in [3.05, 3.63) is 59.2 Å². The highest BCUT2D eigenvalue weighted by Gasteiger charge is 2.80. The van der Waals surface area contributed by atoms with Crippen molar-refractivity contribution in [2.24, 2.45) is 17.3 Å². The Kier molecular flexibility index (Phi) is 6.12. The van der Waals surface area contributed by atoms with Crippen molar-refractivity contribution in [2.45, 2.75) is 80.2 Å². The van der Waals surface area contributed by atoms with Crippen molar-refractivity contribution in [2.75, 3.05) is 26.8 Å². The lowest BCUT2D eigenvalue weighted by molar-refractivity contribution is -0.283. The molecule has 0 aromatic heterocycles. The van der Waals surface area contributed by atoms with Gasteiger partial charge in [0.2, 0.25) is 0 Å². The molecule has 0 radical (unpaired) electrons. The second-order valence-electron chi connectivity index (χ2n) is 13.5. The summed E-state index contributed by atoms with van der Waals surface area (Å²) in [7, 11) is -4.18. The van der Waals surface area contributed by atoms with Crippen LogP contribution in [0.2, 0.25) is 0 Å². The van der Waals surface area contributed by atoms with Gasteiger partial charge in [-0.25, -0.2) is 0 Å². The van der Waals surface area contributed by atoms with Gasteiger partial charge in [0.15, 0.2) is 11.5 Å². The minimum Gasteiger partial charge on any atom is -0.482 e. The molecule has 2 aromatic rings. The number of benzene rings is 2.